The number of fused-ring (bicyclic) bond motifs is 2. The predicted octanol–water partition coefficient (Wildman–Crippen LogP) is 4.18. The van der Waals surface area contributed by atoms with Gasteiger partial charge in [0.15, 0.2) is 5.67 Å². The van der Waals surface area contributed by atoms with Crippen LogP contribution in [0.3, 0.4) is 0 Å². The van der Waals surface area contributed by atoms with Crippen molar-refractivity contribution in [3.05, 3.63) is 42.1 Å². The molecule has 0 amide bonds. The fraction of sp³-hybridized carbons (Fsp3) is 0.633. The van der Waals surface area contributed by atoms with Crippen LogP contribution in [-0.2, 0) is 4.74 Å². The number of likely N-dealkylation sites (N-methyl/N-ethyl adjacent to an activating group) is 1. The number of alkyl halides is 2. The molecular formula is C30H37F2N3O3. The Morgan fingerprint density at radius 3 is 2.66 bits per heavy atom. The Bertz CT molecular complexity index is 1370. The molecule has 3 aliphatic carbocycles. The highest BCUT2D eigenvalue weighted by Gasteiger charge is 2.82. The van der Waals surface area contributed by atoms with Crippen molar-refractivity contribution in [2.24, 2.45) is 11.3 Å². The van der Waals surface area contributed by atoms with Crippen LogP contribution in [-0.4, -0.2) is 75.0 Å². The Labute approximate surface area is 221 Å². The minimum absolute atomic E-state index is 0.146. The molecule has 5 aliphatic rings. The van der Waals surface area contributed by atoms with Gasteiger partial charge in [-0.05, 0) is 86.7 Å². The van der Waals surface area contributed by atoms with E-state index in [0.29, 0.717) is 31.5 Å². The Balaban J connectivity index is 1.29. The summed E-state index contributed by atoms with van der Waals surface area (Å²) in [6, 6.07) is 7.68. The molecule has 2 saturated carbocycles. The second-order valence-electron chi connectivity index (χ2n) is 13.1. The lowest BCUT2D eigenvalue weighted by molar-refractivity contribution is -0.347. The van der Waals surface area contributed by atoms with Crippen LogP contribution in [0.2, 0.25) is 0 Å². The van der Waals surface area contributed by atoms with Gasteiger partial charge in [0.2, 0.25) is 0 Å². The lowest BCUT2D eigenvalue weighted by Crippen LogP contribution is -2.78. The van der Waals surface area contributed by atoms with Gasteiger partial charge < -0.3 is 25.6 Å². The maximum Gasteiger partial charge on any atom is 0.171 e. The second kappa shape index (κ2) is 7.53. The van der Waals surface area contributed by atoms with E-state index in [1.165, 1.54) is 5.57 Å². The van der Waals surface area contributed by atoms with E-state index in [9.17, 15) is 10.2 Å². The molecule has 4 N–H and O–H groups in total. The molecule has 9 atom stereocenters. The topological polar surface area (TPSA) is 91.8 Å². The summed E-state index contributed by atoms with van der Waals surface area (Å²) in [7, 11) is 3.63. The quantitative estimate of drug-likeness (QED) is 0.545. The fourth-order valence-electron chi connectivity index (χ4n) is 9.34. The van der Waals surface area contributed by atoms with E-state index >= 15 is 8.78 Å². The third kappa shape index (κ3) is 2.77. The van der Waals surface area contributed by atoms with E-state index in [2.05, 4.69) is 30.1 Å². The number of nitrogen functional groups attached to an aromatic ring is 1. The SMILES string of the molecule is CN(C)C1CC23CCC4(O2)C2CC=C(c5ccc6c(N)nccc6c5)C2(C)CCC4(F)CC3(F)C(O)C1O. The fourth-order valence-corrected chi connectivity index (χ4v) is 9.34. The summed E-state index contributed by atoms with van der Waals surface area (Å²) < 4.78 is 41.0. The molecule has 7 rings (SSSR count). The van der Waals surface area contributed by atoms with Crippen molar-refractivity contribution in [1.82, 2.24) is 9.88 Å². The largest absolute Gasteiger partial charge is 0.389 e. The summed E-state index contributed by atoms with van der Waals surface area (Å²) in [4.78, 5) is 6.01. The van der Waals surface area contributed by atoms with E-state index in [4.69, 9.17) is 10.5 Å². The lowest BCUT2D eigenvalue weighted by Gasteiger charge is -2.65. The van der Waals surface area contributed by atoms with Crippen molar-refractivity contribution in [3.8, 4) is 0 Å². The van der Waals surface area contributed by atoms with Gasteiger partial charge in [0.1, 0.15) is 28.8 Å². The molecule has 6 nitrogen and oxygen atoms in total. The number of benzene rings is 1. The minimum Gasteiger partial charge on any atom is -0.389 e. The smallest absolute Gasteiger partial charge is 0.171 e. The number of pyridine rings is 1. The molecule has 4 fully saturated rings. The van der Waals surface area contributed by atoms with Crippen molar-refractivity contribution in [2.45, 2.75) is 92.7 Å². The monoisotopic (exact) mass is 525 g/mol. The van der Waals surface area contributed by atoms with Crippen molar-refractivity contribution in [3.63, 3.8) is 0 Å². The highest BCUT2D eigenvalue weighted by molar-refractivity contribution is 5.93. The first-order chi connectivity index (χ1) is 17.9. The van der Waals surface area contributed by atoms with Crippen LogP contribution < -0.4 is 5.73 Å². The minimum atomic E-state index is -2.33. The van der Waals surface area contributed by atoms with Gasteiger partial charge in [-0.3, -0.25) is 0 Å². The molecule has 2 aliphatic heterocycles. The average Bonchev–Trinajstić information content (AvgIpc) is 3.42. The molecule has 2 bridgehead atoms. The van der Waals surface area contributed by atoms with E-state index in [-0.39, 0.29) is 24.2 Å². The molecule has 2 aromatic rings. The zero-order chi connectivity index (χ0) is 26.9. The number of hydrogen-bond acceptors (Lipinski definition) is 6. The Morgan fingerprint density at radius 2 is 1.89 bits per heavy atom. The number of ether oxygens (including phenoxy) is 1. The number of anilines is 1. The summed E-state index contributed by atoms with van der Waals surface area (Å²) in [5.74, 6) is 0.349. The Morgan fingerprint density at radius 1 is 1.11 bits per heavy atom. The average molecular weight is 526 g/mol. The Kier molecular flexibility index (Phi) is 4.93. The maximum absolute atomic E-state index is 17.2. The molecule has 8 heteroatoms. The third-order valence-electron chi connectivity index (χ3n) is 11.4. The summed E-state index contributed by atoms with van der Waals surface area (Å²) in [5, 5.41) is 23.8. The van der Waals surface area contributed by atoms with Crippen LogP contribution in [0, 0.1) is 11.3 Å². The maximum atomic E-state index is 17.2. The van der Waals surface area contributed by atoms with Gasteiger partial charge in [0.25, 0.3) is 0 Å². The summed E-state index contributed by atoms with van der Waals surface area (Å²) in [6.45, 7) is 2.21. The molecule has 9 unspecified atom stereocenters. The van der Waals surface area contributed by atoms with E-state index < -0.39 is 47.2 Å². The van der Waals surface area contributed by atoms with Gasteiger partial charge in [0.05, 0.1) is 6.10 Å². The van der Waals surface area contributed by atoms with E-state index in [1.807, 2.05) is 31.1 Å². The molecule has 204 valence electrons. The number of aliphatic hydroxyl groups excluding tert-OH is 2. The molecule has 0 radical (unpaired) electrons. The van der Waals surface area contributed by atoms with Crippen molar-refractivity contribution >= 4 is 22.2 Å². The van der Waals surface area contributed by atoms with Crippen molar-refractivity contribution in [1.29, 1.82) is 0 Å². The lowest BCUT2D eigenvalue weighted by atomic mass is 9.51. The molecule has 2 saturated heterocycles. The summed E-state index contributed by atoms with van der Waals surface area (Å²) in [6.07, 6.45) is 2.87. The van der Waals surface area contributed by atoms with Crippen LogP contribution in [0.5, 0.6) is 0 Å². The number of rotatable bonds is 2. The zero-order valence-corrected chi connectivity index (χ0v) is 22.3. The molecule has 38 heavy (non-hydrogen) atoms. The predicted molar refractivity (Wildman–Crippen MR) is 142 cm³/mol. The number of aliphatic hydroxyl groups is 2. The van der Waals surface area contributed by atoms with Gasteiger partial charge in [0, 0.05) is 30.0 Å². The highest BCUT2D eigenvalue weighted by Crippen LogP contribution is 2.74. The number of nitrogens with two attached hydrogens (primary N) is 1. The second-order valence-corrected chi connectivity index (χ2v) is 13.1. The standard InChI is InChI=1S/C30H37F2N3O3/c1-26-9-10-27(31)16-29(32)24(37)23(36)21(35(2)3)15-28(29)11-12-30(27,38-28)22(26)7-6-20(26)18-4-5-19-17(14-18)8-13-34-25(19)33/h4-6,8,13-14,21-24,36-37H,7,9-12,15-16H2,1-3H3,(H2,33,34). The van der Waals surface area contributed by atoms with Gasteiger partial charge in [-0.1, -0.05) is 25.1 Å². The molecule has 1 aromatic carbocycles. The van der Waals surface area contributed by atoms with Crippen LogP contribution in [0.25, 0.3) is 16.3 Å². The number of aromatic nitrogens is 1. The normalized spacial score (nSPS) is 47.5. The first kappa shape index (κ1) is 24.9. The van der Waals surface area contributed by atoms with Crippen LogP contribution in [0.4, 0.5) is 14.6 Å². The van der Waals surface area contributed by atoms with Crippen molar-refractivity contribution < 1.29 is 23.7 Å². The Hall–Kier alpha value is -2.13. The van der Waals surface area contributed by atoms with Gasteiger partial charge in [-0.25, -0.2) is 13.8 Å². The number of nitrogens with zero attached hydrogens (tertiary/aromatic N) is 2. The first-order valence-corrected chi connectivity index (χ1v) is 13.9. The van der Waals surface area contributed by atoms with Gasteiger partial charge in [-0.15, -0.1) is 0 Å². The molecule has 3 heterocycles. The number of halogens is 2. The van der Waals surface area contributed by atoms with Gasteiger partial charge >= 0.3 is 0 Å². The van der Waals surface area contributed by atoms with Crippen LogP contribution in [0.1, 0.15) is 57.4 Å². The van der Waals surface area contributed by atoms with Crippen LogP contribution >= 0.6 is 0 Å². The number of allylic oxidation sites excluding steroid dienone is 2. The third-order valence-corrected chi connectivity index (χ3v) is 11.4. The van der Waals surface area contributed by atoms with E-state index in [0.717, 1.165) is 16.3 Å². The molecule has 1 aromatic heterocycles. The van der Waals surface area contributed by atoms with Crippen molar-refractivity contribution in [2.75, 3.05) is 19.8 Å². The summed E-state index contributed by atoms with van der Waals surface area (Å²) in [5.41, 5.74) is 1.33. The van der Waals surface area contributed by atoms with E-state index in [1.54, 1.807) is 6.20 Å². The van der Waals surface area contributed by atoms with Crippen LogP contribution in [0.15, 0.2) is 36.5 Å². The zero-order valence-electron chi connectivity index (χ0n) is 22.3. The highest BCUT2D eigenvalue weighted by atomic mass is 19.2. The number of hydrogen-bond donors (Lipinski definition) is 3. The summed E-state index contributed by atoms with van der Waals surface area (Å²) >= 11 is 0. The molecular weight excluding hydrogens is 488 g/mol. The molecule has 2 spiro atoms. The first-order valence-electron chi connectivity index (χ1n) is 13.9. The van der Waals surface area contributed by atoms with Gasteiger partial charge in [-0.2, -0.15) is 0 Å².